The number of pyridine rings is 1. The normalized spacial score (nSPS) is 10.8. The summed E-state index contributed by atoms with van der Waals surface area (Å²) in [6.07, 6.45) is 3.27. The molecule has 1 aromatic carbocycles. The molecule has 0 atom stereocenters. The van der Waals surface area contributed by atoms with Crippen LogP contribution in [0, 0.1) is 16.4 Å². The smallest absolute Gasteiger partial charge is 0.195 e. The summed E-state index contributed by atoms with van der Waals surface area (Å²) in [5, 5.41) is 6.79. The van der Waals surface area contributed by atoms with Gasteiger partial charge in [-0.1, -0.05) is 0 Å². The quantitative estimate of drug-likeness (QED) is 0.755. The molecule has 4 nitrogen and oxygen atoms in total. The van der Waals surface area contributed by atoms with Crippen LogP contribution in [0.2, 0.25) is 0 Å². The molecule has 0 aliphatic carbocycles. The minimum Gasteiger partial charge on any atom is -0.296 e. The van der Waals surface area contributed by atoms with Gasteiger partial charge in [0.1, 0.15) is 11.6 Å². The number of hydrogen-bond donors (Lipinski definition) is 1. The van der Waals surface area contributed by atoms with Gasteiger partial charge in [-0.25, -0.2) is 8.78 Å². The van der Waals surface area contributed by atoms with Gasteiger partial charge in [0.25, 0.3) is 0 Å². The highest BCUT2D eigenvalue weighted by Crippen LogP contribution is 2.19. The molecule has 0 aliphatic rings. The third-order valence-electron chi connectivity index (χ3n) is 3.01. The zero-order valence-electron chi connectivity index (χ0n) is 10.8. The molecule has 0 spiro atoms. The van der Waals surface area contributed by atoms with Gasteiger partial charge in [0, 0.05) is 23.5 Å². The molecule has 2 heterocycles. The van der Waals surface area contributed by atoms with Crippen LogP contribution in [0.1, 0.15) is 5.56 Å². The van der Waals surface area contributed by atoms with Gasteiger partial charge in [-0.15, -0.1) is 0 Å². The van der Waals surface area contributed by atoms with Gasteiger partial charge < -0.3 is 0 Å². The summed E-state index contributed by atoms with van der Waals surface area (Å²) in [5.41, 5.74) is 0.944. The molecule has 0 aliphatic heterocycles. The minimum absolute atomic E-state index is 0.0865. The molecule has 2 aromatic heterocycles. The summed E-state index contributed by atoms with van der Waals surface area (Å²) >= 11 is 5.16. The molecule has 3 rings (SSSR count). The van der Waals surface area contributed by atoms with Crippen LogP contribution in [0.15, 0.2) is 42.7 Å². The van der Waals surface area contributed by atoms with Crippen LogP contribution in [-0.4, -0.2) is 19.7 Å². The number of nitrogens with zero attached hydrogens (tertiary/aromatic N) is 3. The summed E-state index contributed by atoms with van der Waals surface area (Å²) in [6, 6.07) is 6.90. The van der Waals surface area contributed by atoms with E-state index in [1.165, 1.54) is 0 Å². The Morgan fingerprint density at radius 3 is 2.86 bits per heavy atom. The van der Waals surface area contributed by atoms with Crippen molar-refractivity contribution in [3.8, 4) is 11.4 Å². The second kappa shape index (κ2) is 5.53. The number of rotatable bonds is 3. The molecular formula is C14H10F2N4S. The summed E-state index contributed by atoms with van der Waals surface area (Å²) in [7, 11) is 0. The van der Waals surface area contributed by atoms with E-state index < -0.39 is 11.6 Å². The van der Waals surface area contributed by atoms with Crippen LogP contribution >= 0.6 is 12.2 Å². The Kier molecular flexibility index (Phi) is 3.57. The Morgan fingerprint density at radius 1 is 1.24 bits per heavy atom. The zero-order valence-corrected chi connectivity index (χ0v) is 11.6. The highest BCUT2D eigenvalue weighted by molar-refractivity contribution is 7.71. The van der Waals surface area contributed by atoms with E-state index in [2.05, 4.69) is 15.2 Å². The predicted molar refractivity (Wildman–Crippen MR) is 76.1 cm³/mol. The topological polar surface area (TPSA) is 46.5 Å². The lowest BCUT2D eigenvalue weighted by Gasteiger charge is -2.08. The molecule has 0 radical (unpaired) electrons. The number of benzene rings is 1. The third kappa shape index (κ3) is 2.73. The molecule has 0 unspecified atom stereocenters. The number of hydrogen-bond acceptors (Lipinski definition) is 3. The van der Waals surface area contributed by atoms with Crippen molar-refractivity contribution in [2.45, 2.75) is 6.54 Å². The number of nitrogens with one attached hydrogen (secondary N) is 1. The fraction of sp³-hybridized carbons (Fsp3) is 0.0714. The Labute approximate surface area is 124 Å². The number of aromatic nitrogens is 4. The number of H-pyrrole nitrogens is 1. The summed E-state index contributed by atoms with van der Waals surface area (Å²) in [4.78, 5) is 4.01. The van der Waals surface area contributed by atoms with Crippen molar-refractivity contribution < 1.29 is 8.78 Å². The van der Waals surface area contributed by atoms with E-state index in [1.807, 2.05) is 6.07 Å². The molecule has 3 aromatic rings. The standard InChI is InChI=1S/C14H10F2N4S/c15-11-3-4-12(16)10(6-11)8-20-13(18-19-14(20)21)9-2-1-5-17-7-9/h1-7H,8H2,(H,19,21). The van der Waals surface area contributed by atoms with Crippen molar-refractivity contribution in [2.75, 3.05) is 0 Å². The van der Waals surface area contributed by atoms with Crippen molar-refractivity contribution in [1.29, 1.82) is 0 Å². The van der Waals surface area contributed by atoms with E-state index in [0.717, 1.165) is 23.8 Å². The lowest BCUT2D eigenvalue weighted by molar-refractivity contribution is 0.576. The highest BCUT2D eigenvalue weighted by atomic mass is 32.1. The Balaban J connectivity index is 2.06. The van der Waals surface area contributed by atoms with Crippen LogP contribution in [0.25, 0.3) is 11.4 Å². The zero-order chi connectivity index (χ0) is 14.8. The van der Waals surface area contributed by atoms with E-state index in [0.29, 0.717) is 10.6 Å². The maximum atomic E-state index is 13.8. The fourth-order valence-electron chi connectivity index (χ4n) is 2.01. The van der Waals surface area contributed by atoms with Gasteiger partial charge in [0.05, 0.1) is 6.54 Å². The highest BCUT2D eigenvalue weighted by Gasteiger charge is 2.12. The van der Waals surface area contributed by atoms with Gasteiger partial charge in [-0.3, -0.25) is 14.6 Å². The monoisotopic (exact) mass is 304 g/mol. The molecule has 0 amide bonds. The predicted octanol–water partition coefficient (Wildman–Crippen LogP) is 3.33. The molecule has 0 bridgehead atoms. The summed E-state index contributed by atoms with van der Waals surface area (Å²) < 4.78 is 29.0. The van der Waals surface area contributed by atoms with Crippen LogP contribution in [0.3, 0.4) is 0 Å². The molecule has 0 fully saturated rings. The Hall–Kier alpha value is -2.41. The van der Waals surface area contributed by atoms with Crippen molar-refractivity contribution >= 4 is 12.2 Å². The minimum atomic E-state index is -0.496. The maximum Gasteiger partial charge on any atom is 0.195 e. The first kappa shape index (κ1) is 13.6. The van der Waals surface area contributed by atoms with Crippen molar-refractivity contribution in [3.05, 3.63) is 64.7 Å². The molecular weight excluding hydrogens is 294 g/mol. The molecule has 0 saturated carbocycles. The number of halogens is 2. The average Bonchev–Trinajstić information content (AvgIpc) is 2.85. The Morgan fingerprint density at radius 2 is 2.10 bits per heavy atom. The van der Waals surface area contributed by atoms with Gasteiger partial charge in [-0.2, -0.15) is 5.10 Å². The summed E-state index contributed by atoms with van der Waals surface area (Å²) in [5.74, 6) is -0.460. The van der Waals surface area contributed by atoms with E-state index in [4.69, 9.17) is 12.2 Å². The first-order chi connectivity index (χ1) is 10.1. The molecule has 0 saturated heterocycles. The number of aromatic amines is 1. The average molecular weight is 304 g/mol. The third-order valence-corrected chi connectivity index (χ3v) is 3.33. The largest absolute Gasteiger partial charge is 0.296 e. The maximum absolute atomic E-state index is 13.8. The van der Waals surface area contributed by atoms with Gasteiger partial charge >= 0.3 is 0 Å². The van der Waals surface area contributed by atoms with Crippen LogP contribution < -0.4 is 0 Å². The first-order valence-corrected chi connectivity index (χ1v) is 6.55. The van der Waals surface area contributed by atoms with E-state index in [9.17, 15) is 8.78 Å². The Bertz CT molecular complexity index is 826. The fourth-order valence-corrected chi connectivity index (χ4v) is 2.21. The van der Waals surface area contributed by atoms with Gasteiger partial charge in [0.15, 0.2) is 10.6 Å². The molecule has 106 valence electrons. The molecule has 21 heavy (non-hydrogen) atoms. The molecule has 7 heteroatoms. The first-order valence-electron chi connectivity index (χ1n) is 6.14. The second-order valence-corrected chi connectivity index (χ2v) is 4.80. The second-order valence-electron chi connectivity index (χ2n) is 4.42. The van der Waals surface area contributed by atoms with Crippen LogP contribution in [0.4, 0.5) is 8.78 Å². The lowest BCUT2D eigenvalue weighted by atomic mass is 10.2. The van der Waals surface area contributed by atoms with Gasteiger partial charge in [-0.05, 0) is 42.5 Å². The molecule has 1 N–H and O–H groups in total. The van der Waals surface area contributed by atoms with Gasteiger partial charge in [0.2, 0.25) is 0 Å². The van der Waals surface area contributed by atoms with Crippen molar-refractivity contribution in [2.24, 2.45) is 0 Å². The van der Waals surface area contributed by atoms with Crippen LogP contribution in [-0.2, 0) is 6.54 Å². The van der Waals surface area contributed by atoms with E-state index in [1.54, 1.807) is 23.0 Å². The van der Waals surface area contributed by atoms with Crippen molar-refractivity contribution in [3.63, 3.8) is 0 Å². The van der Waals surface area contributed by atoms with E-state index >= 15 is 0 Å². The van der Waals surface area contributed by atoms with E-state index in [-0.39, 0.29) is 12.1 Å². The SMILES string of the molecule is Fc1ccc(F)c(Cn2c(-c3cccnc3)n[nH]c2=S)c1. The lowest BCUT2D eigenvalue weighted by Crippen LogP contribution is -2.05. The van der Waals surface area contributed by atoms with Crippen molar-refractivity contribution in [1.82, 2.24) is 19.7 Å². The summed E-state index contributed by atoms with van der Waals surface area (Å²) in [6.45, 7) is 0.0865. The van der Waals surface area contributed by atoms with Crippen LogP contribution in [0.5, 0.6) is 0 Å².